The molecule has 4 nitrogen and oxygen atoms in total. The number of aromatic carboxylic acids is 1. The van der Waals surface area contributed by atoms with Crippen molar-refractivity contribution in [3.05, 3.63) is 34.3 Å². The second-order valence-electron chi connectivity index (χ2n) is 2.72. The molecule has 0 saturated carbocycles. The van der Waals surface area contributed by atoms with Gasteiger partial charge >= 0.3 is 5.97 Å². The molecule has 0 bridgehead atoms. The number of thioether (sulfide) groups is 1. The van der Waals surface area contributed by atoms with E-state index >= 15 is 0 Å². The summed E-state index contributed by atoms with van der Waals surface area (Å²) in [7, 11) is 0. The minimum atomic E-state index is -0.883. The largest absolute Gasteiger partial charge is 0.477 e. The van der Waals surface area contributed by atoms with Gasteiger partial charge in [0.25, 0.3) is 0 Å². The Kier molecular flexibility index (Phi) is 3.08. The van der Waals surface area contributed by atoms with Crippen LogP contribution in [0.25, 0.3) is 0 Å². The third kappa shape index (κ3) is 2.60. The molecule has 0 spiro atoms. The number of carbonyl (C=O) groups is 1. The van der Waals surface area contributed by atoms with Crippen molar-refractivity contribution in [3.8, 4) is 0 Å². The van der Waals surface area contributed by atoms with Gasteiger partial charge in [0.1, 0.15) is 10.6 Å². The Hall–Kier alpha value is -1.27. The van der Waals surface area contributed by atoms with Crippen molar-refractivity contribution in [2.45, 2.75) is 10.6 Å². The van der Waals surface area contributed by atoms with Crippen molar-refractivity contribution in [1.29, 1.82) is 0 Å². The van der Waals surface area contributed by atoms with Crippen LogP contribution in [0.15, 0.2) is 33.1 Å². The van der Waals surface area contributed by atoms with Crippen LogP contribution in [0.3, 0.4) is 0 Å². The molecule has 2 heterocycles. The highest BCUT2D eigenvalue weighted by molar-refractivity contribution is 7.98. The zero-order chi connectivity index (χ0) is 10.7. The number of hydrogen-bond acceptors (Lipinski definition) is 5. The highest BCUT2D eigenvalue weighted by atomic mass is 32.2. The van der Waals surface area contributed by atoms with Crippen molar-refractivity contribution in [3.63, 3.8) is 0 Å². The van der Waals surface area contributed by atoms with Crippen LogP contribution in [-0.2, 0) is 5.75 Å². The molecule has 0 fully saturated rings. The van der Waals surface area contributed by atoms with Gasteiger partial charge in [-0.1, -0.05) is 5.16 Å². The van der Waals surface area contributed by atoms with Crippen LogP contribution in [0.4, 0.5) is 0 Å². The second-order valence-corrected chi connectivity index (χ2v) is 4.68. The van der Waals surface area contributed by atoms with Gasteiger partial charge in [-0.25, -0.2) is 4.79 Å². The highest BCUT2D eigenvalue weighted by Crippen LogP contribution is 2.27. The number of carboxylic acids is 1. The van der Waals surface area contributed by atoms with E-state index in [4.69, 9.17) is 9.63 Å². The molecule has 2 rings (SSSR count). The number of aromatic nitrogens is 1. The molecule has 0 aliphatic carbocycles. The summed E-state index contributed by atoms with van der Waals surface area (Å²) < 4.78 is 4.93. The maximum atomic E-state index is 10.6. The lowest BCUT2D eigenvalue weighted by molar-refractivity contribution is 0.0702. The fraction of sp³-hybridized carbons (Fsp3) is 0.111. The molecule has 0 saturated heterocycles. The lowest BCUT2D eigenvalue weighted by atomic mass is 10.5. The van der Waals surface area contributed by atoms with Crippen molar-refractivity contribution >= 4 is 29.1 Å². The first kappa shape index (κ1) is 10.3. The Morgan fingerprint density at radius 3 is 3.13 bits per heavy atom. The summed E-state index contributed by atoms with van der Waals surface area (Å²) in [6, 6.07) is 3.45. The summed E-state index contributed by atoms with van der Waals surface area (Å²) in [5.74, 6) is 0.560. The summed E-state index contributed by atoms with van der Waals surface area (Å²) in [5.41, 5.74) is 0. The standard InChI is InChI=1S/C9H7NO3S2/c11-9(12)8-3-7(5-15-8)14-4-6-1-2-10-13-6/h1-3,5H,4H2,(H,11,12). The van der Waals surface area contributed by atoms with Crippen LogP contribution in [0.1, 0.15) is 15.4 Å². The number of nitrogens with zero attached hydrogens (tertiary/aromatic N) is 1. The minimum Gasteiger partial charge on any atom is -0.477 e. The molecular formula is C9H7NO3S2. The molecule has 78 valence electrons. The van der Waals surface area contributed by atoms with E-state index in [1.165, 1.54) is 23.1 Å². The van der Waals surface area contributed by atoms with Crippen LogP contribution in [0.5, 0.6) is 0 Å². The highest BCUT2D eigenvalue weighted by Gasteiger charge is 2.07. The van der Waals surface area contributed by atoms with Crippen LogP contribution >= 0.6 is 23.1 Å². The molecule has 0 radical (unpaired) electrons. The average Bonchev–Trinajstić information content (AvgIpc) is 2.86. The molecule has 0 atom stereocenters. The maximum Gasteiger partial charge on any atom is 0.345 e. The predicted octanol–water partition coefficient (Wildman–Crippen LogP) is 2.73. The first-order valence-electron chi connectivity index (χ1n) is 4.10. The Morgan fingerprint density at radius 2 is 2.53 bits per heavy atom. The van der Waals surface area contributed by atoms with Gasteiger partial charge < -0.3 is 9.63 Å². The number of rotatable bonds is 4. The lowest BCUT2D eigenvalue weighted by Crippen LogP contribution is -1.89. The molecule has 0 aromatic carbocycles. The SMILES string of the molecule is O=C(O)c1cc(SCc2ccno2)cs1. The Morgan fingerprint density at radius 1 is 1.67 bits per heavy atom. The normalized spacial score (nSPS) is 10.4. The molecule has 0 unspecified atom stereocenters. The van der Waals surface area contributed by atoms with Gasteiger partial charge in [-0.2, -0.15) is 0 Å². The van der Waals surface area contributed by atoms with E-state index in [-0.39, 0.29) is 0 Å². The predicted molar refractivity (Wildman–Crippen MR) is 57.3 cm³/mol. The molecule has 0 amide bonds. The van der Waals surface area contributed by atoms with Crippen molar-refractivity contribution in [2.24, 2.45) is 0 Å². The summed E-state index contributed by atoms with van der Waals surface area (Å²) in [6.07, 6.45) is 1.59. The van der Waals surface area contributed by atoms with Crippen molar-refractivity contribution < 1.29 is 14.4 Å². The van der Waals surface area contributed by atoms with Gasteiger partial charge in [0.15, 0.2) is 0 Å². The topological polar surface area (TPSA) is 63.3 Å². The lowest BCUT2D eigenvalue weighted by Gasteiger charge is -1.92. The molecule has 0 aliphatic heterocycles. The van der Waals surface area contributed by atoms with Crippen molar-refractivity contribution in [2.75, 3.05) is 0 Å². The van der Waals surface area contributed by atoms with Gasteiger partial charge in [-0.15, -0.1) is 23.1 Å². The minimum absolute atomic E-state index is 0.357. The van der Waals surface area contributed by atoms with Gasteiger partial charge in [-0.3, -0.25) is 0 Å². The van der Waals surface area contributed by atoms with E-state index in [9.17, 15) is 4.79 Å². The molecule has 15 heavy (non-hydrogen) atoms. The zero-order valence-corrected chi connectivity index (χ0v) is 9.18. The van der Waals surface area contributed by atoms with E-state index in [0.29, 0.717) is 10.6 Å². The molecular weight excluding hydrogens is 234 g/mol. The summed E-state index contributed by atoms with van der Waals surface area (Å²) in [4.78, 5) is 11.9. The second kappa shape index (κ2) is 4.50. The summed E-state index contributed by atoms with van der Waals surface area (Å²) in [6.45, 7) is 0. The molecule has 2 aromatic heterocycles. The Balaban J connectivity index is 1.96. The summed E-state index contributed by atoms with van der Waals surface area (Å²) >= 11 is 2.76. The zero-order valence-electron chi connectivity index (χ0n) is 7.54. The first-order valence-corrected chi connectivity index (χ1v) is 5.96. The van der Waals surface area contributed by atoms with E-state index in [2.05, 4.69) is 5.16 Å². The van der Waals surface area contributed by atoms with Gasteiger partial charge in [0, 0.05) is 16.3 Å². The molecule has 2 aromatic rings. The fourth-order valence-electron chi connectivity index (χ4n) is 0.978. The molecule has 1 N–H and O–H groups in total. The quantitative estimate of drug-likeness (QED) is 0.834. The van der Waals surface area contributed by atoms with Gasteiger partial charge in [0.05, 0.1) is 11.9 Å². The fourth-order valence-corrected chi connectivity index (χ4v) is 2.73. The third-order valence-electron chi connectivity index (χ3n) is 1.66. The van der Waals surface area contributed by atoms with Crippen LogP contribution in [0, 0.1) is 0 Å². The van der Waals surface area contributed by atoms with Crippen LogP contribution in [-0.4, -0.2) is 16.2 Å². The van der Waals surface area contributed by atoms with E-state index < -0.39 is 5.97 Å². The monoisotopic (exact) mass is 241 g/mol. The van der Waals surface area contributed by atoms with E-state index in [1.807, 2.05) is 5.38 Å². The number of carboxylic acid groups (broad SMARTS) is 1. The maximum absolute atomic E-state index is 10.6. The van der Waals surface area contributed by atoms with Crippen LogP contribution in [0.2, 0.25) is 0 Å². The smallest absolute Gasteiger partial charge is 0.345 e. The van der Waals surface area contributed by atoms with E-state index in [0.717, 1.165) is 10.7 Å². The Labute approximate surface area is 93.9 Å². The van der Waals surface area contributed by atoms with Gasteiger partial charge in [0.2, 0.25) is 0 Å². The molecule has 6 heteroatoms. The molecule has 0 aliphatic rings. The third-order valence-corrected chi connectivity index (χ3v) is 3.72. The summed E-state index contributed by atoms with van der Waals surface area (Å²) in [5, 5.41) is 14.1. The average molecular weight is 241 g/mol. The number of thiophene rings is 1. The van der Waals surface area contributed by atoms with Gasteiger partial charge in [-0.05, 0) is 6.07 Å². The number of hydrogen-bond donors (Lipinski definition) is 1. The van der Waals surface area contributed by atoms with Crippen LogP contribution < -0.4 is 0 Å². The first-order chi connectivity index (χ1) is 7.25. The Bertz CT molecular complexity index is 450. The van der Waals surface area contributed by atoms with E-state index in [1.54, 1.807) is 18.3 Å². The van der Waals surface area contributed by atoms with Crippen molar-refractivity contribution in [1.82, 2.24) is 5.16 Å².